The zero-order valence-corrected chi connectivity index (χ0v) is 21.7. The number of fused-ring (bicyclic) bond motifs is 1. The zero-order valence-electron chi connectivity index (χ0n) is 19.3. The highest BCUT2D eigenvalue weighted by Gasteiger charge is 2.45. The number of para-hydroxylation sites is 1. The number of aromatic nitrogens is 1. The highest BCUT2D eigenvalue weighted by Crippen LogP contribution is 2.38. The fraction of sp³-hybridized carbons (Fsp3) is 0.333. The molecular formula is C24H26BrN3O5S. The van der Waals surface area contributed by atoms with Crippen LogP contribution in [-0.4, -0.2) is 53.5 Å². The molecule has 0 bridgehead atoms. The predicted molar refractivity (Wildman–Crippen MR) is 134 cm³/mol. The minimum Gasteiger partial charge on any atom is -0.465 e. The summed E-state index contributed by atoms with van der Waals surface area (Å²) in [5.41, 5.74) is 1.06. The van der Waals surface area contributed by atoms with Crippen molar-refractivity contribution in [3.05, 3.63) is 58.7 Å². The van der Waals surface area contributed by atoms with Crippen molar-refractivity contribution in [3.63, 3.8) is 0 Å². The van der Waals surface area contributed by atoms with Crippen molar-refractivity contribution in [1.82, 2.24) is 8.87 Å². The van der Waals surface area contributed by atoms with Crippen molar-refractivity contribution < 1.29 is 23.1 Å². The largest absolute Gasteiger partial charge is 0.465 e. The van der Waals surface area contributed by atoms with Gasteiger partial charge < -0.3 is 10.0 Å². The summed E-state index contributed by atoms with van der Waals surface area (Å²) in [5.74, 6) is -0.384. The van der Waals surface area contributed by atoms with Crippen molar-refractivity contribution in [3.8, 4) is 0 Å². The third-order valence-electron chi connectivity index (χ3n) is 6.03. The van der Waals surface area contributed by atoms with Crippen LogP contribution in [0.4, 0.5) is 10.5 Å². The Bertz CT molecular complexity index is 1390. The van der Waals surface area contributed by atoms with Crippen LogP contribution >= 0.6 is 15.9 Å². The normalized spacial score (nSPS) is 17.4. The standard InChI is InChI=1S/C24H26BrN3O5S/c1-15-8-10-16(11-9-15)34(32,33)28-14-18(25)17-6-5-7-19(20(17)28)26-12-13-27(23(30)31)21(22(26)29)24(2,3)4/h5-11,14,21H,12-13H2,1-4H3,(H,30,31). The van der Waals surface area contributed by atoms with Crippen LogP contribution in [-0.2, 0) is 14.8 Å². The molecule has 2 aromatic carbocycles. The fourth-order valence-electron chi connectivity index (χ4n) is 4.44. The van der Waals surface area contributed by atoms with Gasteiger partial charge in [0.2, 0.25) is 0 Å². The number of carbonyl (C=O) groups is 2. The number of carboxylic acid groups (broad SMARTS) is 1. The number of halogens is 1. The summed E-state index contributed by atoms with van der Waals surface area (Å²) in [5, 5.41) is 10.3. The van der Waals surface area contributed by atoms with E-state index in [-0.39, 0.29) is 23.9 Å². The first kappa shape index (κ1) is 24.3. The van der Waals surface area contributed by atoms with Gasteiger partial charge in [0.15, 0.2) is 0 Å². The van der Waals surface area contributed by atoms with E-state index in [1.165, 1.54) is 15.1 Å². The lowest BCUT2D eigenvalue weighted by Gasteiger charge is -2.44. The molecule has 34 heavy (non-hydrogen) atoms. The number of aryl methyl sites for hydroxylation is 1. The second-order valence-corrected chi connectivity index (χ2v) is 12.2. The van der Waals surface area contributed by atoms with Gasteiger partial charge in [-0.1, -0.05) is 50.6 Å². The molecule has 0 saturated carbocycles. The molecule has 3 aromatic rings. The van der Waals surface area contributed by atoms with Gasteiger partial charge in [0.1, 0.15) is 6.04 Å². The number of amides is 2. The van der Waals surface area contributed by atoms with Crippen LogP contribution < -0.4 is 4.90 Å². The molecule has 1 unspecified atom stereocenters. The average Bonchev–Trinajstić information content (AvgIpc) is 3.10. The molecule has 2 amide bonds. The van der Waals surface area contributed by atoms with Crippen LogP contribution in [0.1, 0.15) is 26.3 Å². The number of hydrogen-bond donors (Lipinski definition) is 1. The molecule has 1 aromatic heterocycles. The molecule has 180 valence electrons. The first-order valence-electron chi connectivity index (χ1n) is 10.8. The van der Waals surface area contributed by atoms with E-state index in [4.69, 9.17) is 0 Å². The monoisotopic (exact) mass is 547 g/mol. The van der Waals surface area contributed by atoms with Crippen LogP contribution in [0.3, 0.4) is 0 Å². The van der Waals surface area contributed by atoms with Crippen molar-refractivity contribution in [2.24, 2.45) is 5.41 Å². The van der Waals surface area contributed by atoms with Crippen molar-refractivity contribution >= 4 is 54.5 Å². The lowest BCUT2D eigenvalue weighted by Crippen LogP contribution is -2.63. The van der Waals surface area contributed by atoms with E-state index in [0.717, 1.165) is 10.5 Å². The average molecular weight is 548 g/mol. The van der Waals surface area contributed by atoms with Gasteiger partial charge in [-0.2, -0.15) is 0 Å². The summed E-state index contributed by atoms with van der Waals surface area (Å²) in [6.07, 6.45) is 0.335. The summed E-state index contributed by atoms with van der Waals surface area (Å²) in [4.78, 5) is 28.3. The molecule has 1 atom stereocenters. The van der Waals surface area contributed by atoms with E-state index >= 15 is 0 Å². The minimum absolute atomic E-state index is 0.115. The van der Waals surface area contributed by atoms with Crippen molar-refractivity contribution in [2.45, 2.75) is 38.6 Å². The maximum absolute atomic E-state index is 13.7. The predicted octanol–water partition coefficient (Wildman–Crippen LogP) is 4.69. The smallest absolute Gasteiger partial charge is 0.408 e. The molecule has 1 fully saturated rings. The van der Waals surface area contributed by atoms with Gasteiger partial charge in [-0.3, -0.25) is 9.69 Å². The van der Waals surface area contributed by atoms with Gasteiger partial charge >= 0.3 is 6.09 Å². The molecule has 4 rings (SSSR count). The third kappa shape index (κ3) is 3.98. The minimum atomic E-state index is -3.96. The lowest BCUT2D eigenvalue weighted by molar-refractivity contribution is -0.128. The number of benzene rings is 2. The molecule has 0 spiro atoms. The van der Waals surface area contributed by atoms with E-state index < -0.39 is 27.6 Å². The maximum Gasteiger partial charge on any atom is 0.408 e. The Labute approximate surface area is 206 Å². The second kappa shape index (κ2) is 8.42. The van der Waals surface area contributed by atoms with Gasteiger partial charge in [-0.25, -0.2) is 17.2 Å². The first-order chi connectivity index (χ1) is 15.8. The van der Waals surface area contributed by atoms with Gasteiger partial charge in [0, 0.05) is 29.1 Å². The lowest BCUT2D eigenvalue weighted by atomic mass is 9.83. The highest BCUT2D eigenvalue weighted by atomic mass is 79.9. The second-order valence-electron chi connectivity index (χ2n) is 9.50. The molecule has 0 aliphatic carbocycles. The molecule has 8 nitrogen and oxygen atoms in total. The van der Waals surface area contributed by atoms with Crippen molar-refractivity contribution in [2.75, 3.05) is 18.0 Å². The molecule has 1 aliphatic rings. The number of anilines is 1. The Kier molecular flexibility index (Phi) is 6.02. The Morgan fingerprint density at radius 1 is 1.09 bits per heavy atom. The van der Waals surface area contributed by atoms with Gasteiger partial charge in [0.05, 0.1) is 16.1 Å². The number of carbonyl (C=O) groups excluding carboxylic acids is 1. The van der Waals surface area contributed by atoms with E-state index in [9.17, 15) is 23.1 Å². The topological polar surface area (TPSA) is 99.9 Å². The molecule has 1 saturated heterocycles. The van der Waals surface area contributed by atoms with E-state index in [1.807, 2.05) is 27.7 Å². The Morgan fingerprint density at radius 3 is 2.32 bits per heavy atom. The summed E-state index contributed by atoms with van der Waals surface area (Å²) >= 11 is 3.47. The number of piperazine rings is 1. The molecule has 0 radical (unpaired) electrons. The maximum atomic E-state index is 13.7. The van der Waals surface area contributed by atoms with Gasteiger partial charge in [-0.05, 0) is 46.5 Å². The van der Waals surface area contributed by atoms with E-state index in [2.05, 4.69) is 15.9 Å². The summed E-state index contributed by atoms with van der Waals surface area (Å²) in [6, 6.07) is 10.9. The molecular weight excluding hydrogens is 522 g/mol. The molecule has 10 heteroatoms. The summed E-state index contributed by atoms with van der Waals surface area (Å²) in [6.45, 7) is 7.56. The summed E-state index contributed by atoms with van der Waals surface area (Å²) < 4.78 is 29.0. The third-order valence-corrected chi connectivity index (χ3v) is 8.34. The number of rotatable bonds is 3. The van der Waals surface area contributed by atoms with Crippen LogP contribution in [0.15, 0.2) is 58.0 Å². The number of hydrogen-bond acceptors (Lipinski definition) is 4. The van der Waals surface area contributed by atoms with Gasteiger partial charge in [-0.15, -0.1) is 0 Å². The Hall–Kier alpha value is -2.85. The Balaban J connectivity index is 1.91. The Morgan fingerprint density at radius 2 is 1.74 bits per heavy atom. The SMILES string of the molecule is Cc1ccc(S(=O)(=O)n2cc(Br)c3cccc(N4CCN(C(=O)O)C(C(C)(C)C)C4=O)c32)cc1. The van der Waals surface area contributed by atoms with Crippen molar-refractivity contribution in [1.29, 1.82) is 0 Å². The zero-order chi connectivity index (χ0) is 25.0. The first-order valence-corrected chi connectivity index (χ1v) is 13.0. The molecule has 1 N–H and O–H groups in total. The molecule has 2 heterocycles. The molecule has 1 aliphatic heterocycles. The quantitative estimate of drug-likeness (QED) is 0.512. The van der Waals surface area contributed by atoms with Gasteiger partial charge in [0.25, 0.3) is 15.9 Å². The number of nitrogens with zero attached hydrogens (tertiary/aromatic N) is 3. The fourth-order valence-corrected chi connectivity index (χ4v) is 6.48. The van der Waals surface area contributed by atoms with E-state index in [1.54, 1.807) is 42.5 Å². The van der Waals surface area contributed by atoms with Crippen LogP contribution in [0.25, 0.3) is 10.9 Å². The highest BCUT2D eigenvalue weighted by molar-refractivity contribution is 9.10. The van der Waals surface area contributed by atoms with Crippen LogP contribution in [0.2, 0.25) is 0 Å². The van der Waals surface area contributed by atoms with Crippen LogP contribution in [0, 0.1) is 12.3 Å². The summed E-state index contributed by atoms with van der Waals surface area (Å²) in [7, 11) is -3.96. The van der Waals surface area contributed by atoms with E-state index in [0.29, 0.717) is 21.1 Å². The van der Waals surface area contributed by atoms with Crippen LogP contribution in [0.5, 0.6) is 0 Å².